The Kier molecular flexibility index (Phi) is 3.82. The van der Waals surface area contributed by atoms with Gasteiger partial charge in [0.15, 0.2) is 0 Å². The van der Waals surface area contributed by atoms with Crippen LogP contribution in [0.1, 0.15) is 5.82 Å². The summed E-state index contributed by atoms with van der Waals surface area (Å²) in [6, 6.07) is 11.9. The quantitative estimate of drug-likeness (QED) is 0.456. The smallest absolute Gasteiger partial charge is 0.267 e. The van der Waals surface area contributed by atoms with Crippen LogP contribution in [0.3, 0.4) is 0 Å². The molecule has 4 aromatic heterocycles. The molecule has 0 amide bonds. The average Bonchev–Trinajstić information content (AvgIpc) is 3.15. The highest BCUT2D eigenvalue weighted by Crippen LogP contribution is 2.17. The number of H-pyrrole nitrogens is 1. The fraction of sp³-hybridized carbons (Fsp3) is 0.0500. The van der Waals surface area contributed by atoms with Crippen LogP contribution in [0.25, 0.3) is 33.4 Å². The van der Waals surface area contributed by atoms with Crippen LogP contribution in [-0.4, -0.2) is 29.3 Å². The molecule has 5 aromatic rings. The lowest BCUT2D eigenvalue weighted by Gasteiger charge is -2.08. The van der Waals surface area contributed by atoms with Crippen molar-refractivity contribution >= 4 is 33.4 Å². The minimum absolute atomic E-state index is 0.237. The fourth-order valence-electron chi connectivity index (χ4n) is 3.23. The maximum atomic E-state index is 13.1. The molecule has 0 spiro atoms. The number of aromatic amines is 1. The SMILES string of the molecule is Cc1nc(-n2ccc3nc4ccn(-c5ccc(Cl)cc5)c(=O)c4cc3c2=O)n[nH]1. The van der Waals surface area contributed by atoms with Crippen molar-refractivity contribution in [2.75, 3.05) is 0 Å². The fourth-order valence-corrected chi connectivity index (χ4v) is 3.35. The molecule has 0 atom stereocenters. The van der Waals surface area contributed by atoms with E-state index in [0.717, 1.165) is 0 Å². The molecular formula is C20H13ClN6O2. The lowest BCUT2D eigenvalue weighted by atomic mass is 10.2. The van der Waals surface area contributed by atoms with Crippen LogP contribution in [0.4, 0.5) is 0 Å². The number of rotatable bonds is 2. The van der Waals surface area contributed by atoms with E-state index in [1.54, 1.807) is 61.8 Å². The number of fused-ring (bicyclic) bond motifs is 2. The highest BCUT2D eigenvalue weighted by atomic mass is 35.5. The van der Waals surface area contributed by atoms with Gasteiger partial charge in [-0.05, 0) is 49.4 Å². The Labute approximate surface area is 168 Å². The first kappa shape index (κ1) is 17.3. The van der Waals surface area contributed by atoms with Gasteiger partial charge in [0, 0.05) is 23.1 Å². The van der Waals surface area contributed by atoms with Crippen molar-refractivity contribution in [1.82, 2.24) is 29.3 Å². The van der Waals surface area contributed by atoms with E-state index in [1.807, 2.05) is 0 Å². The minimum atomic E-state index is -0.350. The number of aryl methyl sites for hydroxylation is 1. The predicted molar refractivity (Wildman–Crippen MR) is 110 cm³/mol. The van der Waals surface area contributed by atoms with Gasteiger partial charge in [-0.15, -0.1) is 5.10 Å². The van der Waals surface area contributed by atoms with Crippen LogP contribution in [0, 0.1) is 6.92 Å². The summed E-state index contributed by atoms with van der Waals surface area (Å²) in [6.45, 7) is 1.75. The van der Waals surface area contributed by atoms with Gasteiger partial charge in [0.1, 0.15) is 5.82 Å². The van der Waals surface area contributed by atoms with Crippen LogP contribution in [0.15, 0.2) is 64.4 Å². The molecule has 5 rings (SSSR count). The van der Waals surface area contributed by atoms with E-state index in [2.05, 4.69) is 20.2 Å². The van der Waals surface area contributed by atoms with Crippen molar-refractivity contribution in [3.63, 3.8) is 0 Å². The number of aromatic nitrogens is 6. The van der Waals surface area contributed by atoms with Crippen LogP contribution in [0.2, 0.25) is 5.02 Å². The van der Waals surface area contributed by atoms with Gasteiger partial charge in [0.25, 0.3) is 17.1 Å². The molecule has 142 valence electrons. The standard InChI is InChI=1S/C20H13ClN6O2/c1-11-22-20(25-24-11)27-9-7-17-15(19(27)29)10-14-16(23-17)6-8-26(18(14)28)13-4-2-12(21)3-5-13/h2-10H,1H3,(H,22,24,25). The molecule has 9 heteroatoms. The van der Waals surface area contributed by atoms with Crippen LogP contribution < -0.4 is 11.1 Å². The van der Waals surface area contributed by atoms with Gasteiger partial charge < -0.3 is 0 Å². The van der Waals surface area contributed by atoms with E-state index in [-0.39, 0.29) is 17.1 Å². The third-order valence-electron chi connectivity index (χ3n) is 4.65. The number of hydrogen-bond donors (Lipinski definition) is 1. The molecule has 4 heterocycles. The molecule has 1 N–H and O–H groups in total. The summed E-state index contributed by atoms with van der Waals surface area (Å²) in [4.78, 5) is 34.8. The van der Waals surface area contributed by atoms with Gasteiger partial charge in [0.2, 0.25) is 0 Å². The number of nitrogens with zero attached hydrogens (tertiary/aromatic N) is 5. The lowest BCUT2D eigenvalue weighted by Crippen LogP contribution is -2.21. The Morgan fingerprint density at radius 1 is 0.862 bits per heavy atom. The van der Waals surface area contributed by atoms with E-state index in [4.69, 9.17) is 11.6 Å². The van der Waals surface area contributed by atoms with Gasteiger partial charge in [0.05, 0.1) is 21.8 Å². The zero-order valence-electron chi connectivity index (χ0n) is 15.1. The number of hydrogen-bond acceptors (Lipinski definition) is 5. The zero-order valence-corrected chi connectivity index (χ0v) is 15.9. The van der Waals surface area contributed by atoms with E-state index in [0.29, 0.717) is 38.3 Å². The Morgan fingerprint density at radius 3 is 2.10 bits per heavy atom. The first-order chi connectivity index (χ1) is 14.0. The summed E-state index contributed by atoms with van der Waals surface area (Å²) >= 11 is 5.94. The Morgan fingerprint density at radius 2 is 1.48 bits per heavy atom. The lowest BCUT2D eigenvalue weighted by molar-refractivity contribution is 0.901. The normalized spacial score (nSPS) is 11.4. The molecule has 1 aromatic carbocycles. The number of nitrogens with one attached hydrogen (secondary N) is 1. The van der Waals surface area contributed by atoms with Gasteiger partial charge >= 0.3 is 0 Å². The second kappa shape index (κ2) is 6.39. The molecule has 0 saturated heterocycles. The van der Waals surface area contributed by atoms with Gasteiger partial charge in [-0.1, -0.05) is 11.6 Å². The highest BCUT2D eigenvalue weighted by molar-refractivity contribution is 6.30. The van der Waals surface area contributed by atoms with Crippen molar-refractivity contribution in [3.8, 4) is 11.6 Å². The second-order valence-electron chi connectivity index (χ2n) is 6.53. The van der Waals surface area contributed by atoms with Gasteiger partial charge in [-0.3, -0.25) is 19.3 Å². The third-order valence-corrected chi connectivity index (χ3v) is 4.90. The summed E-state index contributed by atoms with van der Waals surface area (Å²) in [6.07, 6.45) is 3.23. The molecule has 0 bridgehead atoms. The van der Waals surface area contributed by atoms with E-state index in [1.165, 1.54) is 9.13 Å². The summed E-state index contributed by atoms with van der Waals surface area (Å²) in [7, 11) is 0. The van der Waals surface area contributed by atoms with Gasteiger partial charge in [-0.2, -0.15) is 4.98 Å². The van der Waals surface area contributed by atoms with Crippen LogP contribution in [0.5, 0.6) is 0 Å². The molecule has 0 aliphatic heterocycles. The monoisotopic (exact) mass is 404 g/mol. The summed E-state index contributed by atoms with van der Waals surface area (Å²) < 4.78 is 2.81. The van der Waals surface area contributed by atoms with Crippen molar-refractivity contribution < 1.29 is 0 Å². The van der Waals surface area contributed by atoms with E-state index < -0.39 is 0 Å². The zero-order chi connectivity index (χ0) is 20.1. The predicted octanol–water partition coefficient (Wildman–Crippen LogP) is 2.77. The van der Waals surface area contributed by atoms with Crippen molar-refractivity contribution in [2.45, 2.75) is 6.92 Å². The van der Waals surface area contributed by atoms with Crippen LogP contribution >= 0.6 is 11.6 Å². The summed E-state index contributed by atoms with van der Waals surface area (Å²) in [5.74, 6) is 0.829. The number of halogens is 1. The Bertz CT molecular complexity index is 1510. The highest BCUT2D eigenvalue weighted by Gasteiger charge is 2.13. The van der Waals surface area contributed by atoms with E-state index in [9.17, 15) is 9.59 Å². The third kappa shape index (κ3) is 2.81. The first-order valence-electron chi connectivity index (χ1n) is 8.74. The minimum Gasteiger partial charge on any atom is -0.284 e. The molecule has 29 heavy (non-hydrogen) atoms. The van der Waals surface area contributed by atoms with Crippen molar-refractivity contribution in [1.29, 1.82) is 0 Å². The topological polar surface area (TPSA) is 98.5 Å². The van der Waals surface area contributed by atoms with Gasteiger partial charge in [-0.25, -0.2) is 9.55 Å². The van der Waals surface area contributed by atoms with Crippen LogP contribution in [-0.2, 0) is 0 Å². The first-order valence-corrected chi connectivity index (χ1v) is 9.12. The maximum Gasteiger partial charge on any atom is 0.267 e. The molecular weight excluding hydrogens is 392 g/mol. The molecule has 0 fully saturated rings. The second-order valence-corrected chi connectivity index (χ2v) is 6.97. The summed E-state index contributed by atoms with van der Waals surface area (Å²) in [5.41, 5.74) is 1.05. The average molecular weight is 405 g/mol. The Hall–Kier alpha value is -3.78. The van der Waals surface area contributed by atoms with E-state index >= 15 is 0 Å². The largest absolute Gasteiger partial charge is 0.284 e. The number of pyridine rings is 3. The molecule has 0 saturated carbocycles. The molecule has 8 nitrogen and oxygen atoms in total. The molecule has 0 unspecified atom stereocenters. The molecule has 0 radical (unpaired) electrons. The number of benzene rings is 1. The Balaban J connectivity index is 1.77. The molecule has 0 aliphatic rings. The molecule has 0 aliphatic carbocycles. The maximum absolute atomic E-state index is 13.1. The van der Waals surface area contributed by atoms with Crippen molar-refractivity contribution in [2.24, 2.45) is 0 Å². The van der Waals surface area contributed by atoms with Crippen molar-refractivity contribution in [3.05, 3.63) is 86.4 Å². The summed E-state index contributed by atoms with van der Waals surface area (Å²) in [5, 5.41) is 7.97.